The Labute approximate surface area is 113 Å². The summed E-state index contributed by atoms with van der Waals surface area (Å²) in [7, 11) is 0. The Kier molecular flexibility index (Phi) is 4.18. The largest absolute Gasteiger partial charge is 0.373 e. The number of benzene rings is 2. The van der Waals surface area contributed by atoms with Crippen molar-refractivity contribution in [1.82, 2.24) is 0 Å². The van der Waals surface area contributed by atoms with Crippen molar-refractivity contribution in [2.45, 2.75) is 19.4 Å². The topological polar surface area (TPSA) is 55.1 Å². The van der Waals surface area contributed by atoms with Gasteiger partial charge in [0.05, 0.1) is 0 Å². The maximum absolute atomic E-state index is 11.5. The number of amides is 1. The van der Waals surface area contributed by atoms with Crippen LogP contribution < -0.4 is 11.1 Å². The number of anilines is 1. The van der Waals surface area contributed by atoms with Crippen LogP contribution >= 0.6 is 0 Å². The molecule has 19 heavy (non-hydrogen) atoms. The van der Waals surface area contributed by atoms with Gasteiger partial charge in [-0.05, 0) is 24.6 Å². The van der Waals surface area contributed by atoms with Gasteiger partial charge in [-0.1, -0.05) is 48.0 Å². The van der Waals surface area contributed by atoms with E-state index in [2.05, 4.69) is 5.32 Å². The van der Waals surface area contributed by atoms with E-state index in [9.17, 15) is 4.79 Å². The highest BCUT2D eigenvalue weighted by atomic mass is 16.1. The fraction of sp³-hybridized carbons (Fsp3) is 0.188. The molecule has 0 aromatic heterocycles. The normalized spacial score (nSPS) is 11.8. The van der Waals surface area contributed by atoms with Crippen molar-refractivity contribution in [3.63, 3.8) is 0 Å². The third kappa shape index (κ3) is 3.85. The number of hydrogen-bond donors (Lipinski definition) is 2. The van der Waals surface area contributed by atoms with Gasteiger partial charge < -0.3 is 11.1 Å². The molecule has 2 aromatic carbocycles. The van der Waals surface area contributed by atoms with Crippen LogP contribution in [0.2, 0.25) is 0 Å². The van der Waals surface area contributed by atoms with Gasteiger partial charge in [-0.25, -0.2) is 0 Å². The number of nitrogens with two attached hydrogens (primary N) is 1. The van der Waals surface area contributed by atoms with E-state index in [4.69, 9.17) is 5.73 Å². The molecule has 0 aliphatic heterocycles. The zero-order chi connectivity index (χ0) is 13.7. The zero-order valence-electron chi connectivity index (χ0n) is 11.0. The predicted molar refractivity (Wildman–Crippen MR) is 77.9 cm³/mol. The van der Waals surface area contributed by atoms with E-state index in [0.717, 1.165) is 11.3 Å². The summed E-state index contributed by atoms with van der Waals surface area (Å²) >= 11 is 0. The third-order valence-electron chi connectivity index (χ3n) is 3.02. The average molecular weight is 254 g/mol. The Balaban J connectivity index is 2.08. The zero-order valence-corrected chi connectivity index (χ0v) is 11.0. The number of carbonyl (C=O) groups excluding carboxylic acids is 1. The fourth-order valence-corrected chi connectivity index (χ4v) is 1.92. The van der Waals surface area contributed by atoms with E-state index in [1.807, 2.05) is 61.5 Å². The molecule has 0 aliphatic carbocycles. The van der Waals surface area contributed by atoms with Crippen LogP contribution in [-0.2, 0) is 11.2 Å². The van der Waals surface area contributed by atoms with Gasteiger partial charge in [0.1, 0.15) is 6.04 Å². The van der Waals surface area contributed by atoms with Crippen LogP contribution in [0.3, 0.4) is 0 Å². The van der Waals surface area contributed by atoms with Crippen molar-refractivity contribution in [2.75, 3.05) is 5.32 Å². The Hall–Kier alpha value is -2.29. The molecule has 0 aliphatic rings. The van der Waals surface area contributed by atoms with Crippen molar-refractivity contribution < 1.29 is 4.79 Å². The summed E-state index contributed by atoms with van der Waals surface area (Å²) in [6.45, 7) is 2.03. The molecule has 1 amide bonds. The molecule has 0 bridgehead atoms. The first-order valence-electron chi connectivity index (χ1n) is 6.31. The molecule has 2 rings (SSSR count). The minimum atomic E-state index is -0.398. The van der Waals surface area contributed by atoms with Gasteiger partial charge in [-0.2, -0.15) is 0 Å². The minimum Gasteiger partial charge on any atom is -0.373 e. The van der Waals surface area contributed by atoms with Crippen LogP contribution in [0, 0.1) is 6.92 Å². The lowest BCUT2D eigenvalue weighted by atomic mass is 10.1. The predicted octanol–water partition coefficient (Wildman–Crippen LogP) is 2.50. The first-order chi connectivity index (χ1) is 9.15. The Morgan fingerprint density at radius 2 is 1.74 bits per heavy atom. The SMILES string of the molecule is Cc1ccc(N[C@@H](Cc2ccccc2)C(N)=O)cc1. The lowest BCUT2D eigenvalue weighted by molar-refractivity contribution is -0.118. The van der Waals surface area contributed by atoms with Crippen LogP contribution in [0.5, 0.6) is 0 Å². The molecular weight excluding hydrogens is 236 g/mol. The highest BCUT2D eigenvalue weighted by Crippen LogP contribution is 2.12. The van der Waals surface area contributed by atoms with E-state index in [0.29, 0.717) is 6.42 Å². The first-order valence-corrected chi connectivity index (χ1v) is 6.31. The maximum atomic E-state index is 11.5. The number of carbonyl (C=O) groups is 1. The second kappa shape index (κ2) is 6.05. The van der Waals surface area contributed by atoms with Gasteiger partial charge >= 0.3 is 0 Å². The summed E-state index contributed by atoms with van der Waals surface area (Å²) in [6.07, 6.45) is 0.587. The molecule has 3 heteroatoms. The van der Waals surface area contributed by atoms with Gasteiger partial charge in [-0.15, -0.1) is 0 Å². The summed E-state index contributed by atoms with van der Waals surface area (Å²) in [5.41, 5.74) is 8.64. The number of aryl methyl sites for hydroxylation is 1. The molecule has 0 saturated carbocycles. The standard InChI is InChI=1S/C16H18N2O/c1-12-7-9-14(10-8-12)18-15(16(17)19)11-13-5-3-2-4-6-13/h2-10,15,18H,11H2,1H3,(H2,17,19)/t15-/m0/s1. The van der Waals surface area contributed by atoms with Gasteiger partial charge in [0.15, 0.2) is 0 Å². The highest BCUT2D eigenvalue weighted by Gasteiger charge is 2.15. The highest BCUT2D eigenvalue weighted by molar-refractivity contribution is 5.83. The van der Waals surface area contributed by atoms with E-state index in [-0.39, 0.29) is 5.91 Å². The van der Waals surface area contributed by atoms with E-state index in [1.165, 1.54) is 5.56 Å². The average Bonchev–Trinajstić information content (AvgIpc) is 2.41. The second-order valence-electron chi connectivity index (χ2n) is 4.66. The summed E-state index contributed by atoms with van der Waals surface area (Å²) in [5, 5.41) is 3.18. The van der Waals surface area contributed by atoms with E-state index in [1.54, 1.807) is 0 Å². The second-order valence-corrected chi connectivity index (χ2v) is 4.66. The lowest BCUT2D eigenvalue weighted by Gasteiger charge is -2.17. The summed E-state index contributed by atoms with van der Waals surface area (Å²) in [5.74, 6) is -0.343. The van der Waals surface area contributed by atoms with Crippen LogP contribution in [0.15, 0.2) is 54.6 Å². The lowest BCUT2D eigenvalue weighted by Crippen LogP contribution is -2.37. The third-order valence-corrected chi connectivity index (χ3v) is 3.02. The number of hydrogen-bond acceptors (Lipinski definition) is 2. The van der Waals surface area contributed by atoms with Gasteiger partial charge in [0.25, 0.3) is 0 Å². The van der Waals surface area contributed by atoms with Crippen molar-refractivity contribution in [1.29, 1.82) is 0 Å². The molecule has 0 heterocycles. The summed E-state index contributed by atoms with van der Waals surface area (Å²) < 4.78 is 0. The van der Waals surface area contributed by atoms with Crippen molar-refractivity contribution in [2.24, 2.45) is 5.73 Å². The molecule has 3 N–H and O–H groups in total. The number of primary amides is 1. The number of rotatable bonds is 5. The Bertz CT molecular complexity index is 534. The fourth-order valence-electron chi connectivity index (χ4n) is 1.92. The van der Waals surface area contributed by atoms with Crippen molar-refractivity contribution in [3.8, 4) is 0 Å². The monoisotopic (exact) mass is 254 g/mol. The molecule has 98 valence electrons. The summed E-state index contributed by atoms with van der Waals surface area (Å²) in [4.78, 5) is 11.5. The smallest absolute Gasteiger partial charge is 0.240 e. The van der Waals surface area contributed by atoms with Crippen LogP contribution in [0.25, 0.3) is 0 Å². The van der Waals surface area contributed by atoms with Crippen LogP contribution in [-0.4, -0.2) is 11.9 Å². The number of nitrogens with one attached hydrogen (secondary N) is 1. The molecule has 3 nitrogen and oxygen atoms in total. The van der Waals surface area contributed by atoms with E-state index >= 15 is 0 Å². The molecule has 0 unspecified atom stereocenters. The van der Waals surface area contributed by atoms with E-state index < -0.39 is 6.04 Å². The summed E-state index contributed by atoms with van der Waals surface area (Å²) in [6, 6.07) is 17.4. The van der Waals surface area contributed by atoms with Gasteiger partial charge in [0, 0.05) is 12.1 Å². The van der Waals surface area contributed by atoms with Crippen LogP contribution in [0.4, 0.5) is 5.69 Å². The van der Waals surface area contributed by atoms with Crippen molar-refractivity contribution in [3.05, 3.63) is 65.7 Å². The minimum absolute atomic E-state index is 0.343. The van der Waals surface area contributed by atoms with Gasteiger partial charge in [-0.3, -0.25) is 4.79 Å². The van der Waals surface area contributed by atoms with Gasteiger partial charge in [0.2, 0.25) is 5.91 Å². The quantitative estimate of drug-likeness (QED) is 0.861. The Morgan fingerprint density at radius 1 is 1.11 bits per heavy atom. The molecule has 0 fully saturated rings. The first kappa shape index (κ1) is 13.1. The molecule has 2 aromatic rings. The molecule has 0 saturated heterocycles. The maximum Gasteiger partial charge on any atom is 0.240 e. The molecule has 0 radical (unpaired) electrons. The van der Waals surface area contributed by atoms with Crippen molar-refractivity contribution >= 4 is 11.6 Å². The molecule has 0 spiro atoms. The Morgan fingerprint density at radius 3 is 2.32 bits per heavy atom. The van der Waals surface area contributed by atoms with Crippen LogP contribution in [0.1, 0.15) is 11.1 Å². The molecule has 1 atom stereocenters. The molecular formula is C16H18N2O.